The third kappa shape index (κ3) is 5.38. The highest BCUT2D eigenvalue weighted by molar-refractivity contribution is 7.98. The molecule has 10 heteroatoms. The highest BCUT2D eigenvalue weighted by atomic mass is 32.2. The van der Waals surface area contributed by atoms with Crippen molar-refractivity contribution < 1.29 is 17.6 Å². The Bertz CT molecular complexity index is 1250. The lowest BCUT2D eigenvalue weighted by Gasteiger charge is -2.18. The number of sulfonamides is 1. The summed E-state index contributed by atoms with van der Waals surface area (Å²) in [7, 11) is -2.49. The molecule has 0 radical (unpaired) electrons. The molecular formula is C21H25N3O5S2. The number of nitrogens with one attached hydrogen (secondary N) is 2. The zero-order chi connectivity index (χ0) is 22.6. The maximum absolute atomic E-state index is 13.0. The average molecular weight is 464 g/mol. The molecule has 0 saturated heterocycles. The Labute approximate surface area is 185 Å². The van der Waals surface area contributed by atoms with E-state index in [0.29, 0.717) is 23.4 Å². The molecular weight excluding hydrogens is 438 g/mol. The first-order valence-electron chi connectivity index (χ1n) is 9.76. The second-order valence-corrected chi connectivity index (χ2v) is 9.75. The number of thioether (sulfide) groups is 1. The maximum atomic E-state index is 13.0. The van der Waals surface area contributed by atoms with Crippen LogP contribution in [0.2, 0.25) is 0 Å². The van der Waals surface area contributed by atoms with E-state index in [4.69, 9.17) is 4.42 Å². The number of amides is 1. The highest BCUT2D eigenvalue weighted by Crippen LogP contribution is 2.19. The van der Waals surface area contributed by atoms with Crippen molar-refractivity contribution in [2.24, 2.45) is 7.05 Å². The highest BCUT2D eigenvalue weighted by Gasteiger charge is 2.26. The van der Waals surface area contributed by atoms with Gasteiger partial charge in [-0.15, -0.1) is 0 Å². The smallest absolute Gasteiger partial charge is 0.408 e. The van der Waals surface area contributed by atoms with Crippen LogP contribution in [0.4, 0.5) is 5.69 Å². The lowest BCUT2D eigenvalue weighted by molar-refractivity contribution is -0.117. The van der Waals surface area contributed by atoms with Crippen molar-refractivity contribution in [1.82, 2.24) is 9.29 Å². The second-order valence-electron chi connectivity index (χ2n) is 7.06. The van der Waals surface area contributed by atoms with Gasteiger partial charge in [-0.05, 0) is 54.7 Å². The normalized spacial score (nSPS) is 12.7. The molecule has 166 valence electrons. The van der Waals surface area contributed by atoms with Gasteiger partial charge in [0.15, 0.2) is 5.58 Å². The van der Waals surface area contributed by atoms with Crippen molar-refractivity contribution in [3.05, 3.63) is 58.6 Å². The number of nitrogens with zero attached hydrogens (tertiary/aromatic N) is 1. The molecule has 0 fully saturated rings. The van der Waals surface area contributed by atoms with E-state index in [0.717, 1.165) is 12.0 Å². The van der Waals surface area contributed by atoms with E-state index in [9.17, 15) is 18.0 Å². The van der Waals surface area contributed by atoms with Crippen LogP contribution in [0.15, 0.2) is 56.6 Å². The third-order valence-corrected chi connectivity index (χ3v) is 7.01. The van der Waals surface area contributed by atoms with Gasteiger partial charge in [-0.2, -0.15) is 16.5 Å². The van der Waals surface area contributed by atoms with E-state index in [2.05, 4.69) is 10.0 Å². The lowest BCUT2D eigenvalue weighted by Crippen LogP contribution is -2.44. The van der Waals surface area contributed by atoms with Gasteiger partial charge in [0, 0.05) is 18.8 Å². The fourth-order valence-electron chi connectivity index (χ4n) is 3.11. The van der Waals surface area contributed by atoms with Crippen molar-refractivity contribution in [2.45, 2.75) is 30.7 Å². The molecule has 1 heterocycles. The standard InChI is InChI=1S/C21H25N3O5S2/c1-4-14-6-5-7-15(12-14)22-20(25)17(10-11-30-3)23-31(27,28)16-8-9-18-19(13-16)29-21(26)24(18)2/h5-9,12-13,17,23H,4,10-11H2,1-3H3,(H,22,25)/t17-/m0/s1. The summed E-state index contributed by atoms with van der Waals surface area (Å²) < 4.78 is 34.8. The van der Waals surface area contributed by atoms with Crippen LogP contribution in [0.3, 0.4) is 0 Å². The number of hydrogen-bond donors (Lipinski definition) is 2. The van der Waals surface area contributed by atoms with Gasteiger partial charge in [0.2, 0.25) is 15.9 Å². The van der Waals surface area contributed by atoms with Crippen LogP contribution in [0, 0.1) is 0 Å². The molecule has 0 aliphatic heterocycles. The van der Waals surface area contributed by atoms with Crippen molar-refractivity contribution in [1.29, 1.82) is 0 Å². The van der Waals surface area contributed by atoms with Crippen LogP contribution >= 0.6 is 11.8 Å². The summed E-state index contributed by atoms with van der Waals surface area (Å²) in [6.45, 7) is 2.02. The topological polar surface area (TPSA) is 110 Å². The molecule has 0 spiro atoms. The third-order valence-electron chi connectivity index (χ3n) is 4.90. The Morgan fingerprint density at radius 3 is 2.71 bits per heavy atom. The first-order valence-corrected chi connectivity index (χ1v) is 12.6. The number of fused-ring (bicyclic) bond motifs is 1. The molecule has 0 unspecified atom stereocenters. The van der Waals surface area contributed by atoms with Gasteiger partial charge >= 0.3 is 5.76 Å². The van der Waals surface area contributed by atoms with Crippen LogP contribution < -0.4 is 15.8 Å². The fourth-order valence-corrected chi connectivity index (χ4v) is 4.83. The first kappa shape index (κ1) is 23.1. The van der Waals surface area contributed by atoms with Crippen LogP contribution in [0.25, 0.3) is 11.1 Å². The molecule has 2 aromatic carbocycles. The molecule has 0 aliphatic carbocycles. The zero-order valence-corrected chi connectivity index (χ0v) is 19.2. The SMILES string of the molecule is CCc1cccc(NC(=O)[C@H](CCSC)NS(=O)(=O)c2ccc3c(c2)oc(=O)n3C)c1. The average Bonchev–Trinajstić information content (AvgIpc) is 3.04. The van der Waals surface area contributed by atoms with Gasteiger partial charge in [-0.25, -0.2) is 13.2 Å². The first-order chi connectivity index (χ1) is 14.7. The van der Waals surface area contributed by atoms with Crippen LogP contribution in [0.1, 0.15) is 18.9 Å². The van der Waals surface area contributed by atoms with E-state index in [1.807, 2.05) is 31.4 Å². The maximum Gasteiger partial charge on any atom is 0.419 e. The number of oxazole rings is 1. The van der Waals surface area contributed by atoms with E-state index >= 15 is 0 Å². The predicted octanol–water partition coefficient (Wildman–Crippen LogP) is 2.73. The summed E-state index contributed by atoms with van der Waals surface area (Å²) in [5.74, 6) is -0.412. The van der Waals surface area contributed by atoms with Crippen LogP contribution in [-0.2, 0) is 28.3 Å². The minimum absolute atomic E-state index is 0.0794. The van der Waals surface area contributed by atoms with E-state index < -0.39 is 27.7 Å². The zero-order valence-electron chi connectivity index (χ0n) is 17.5. The molecule has 8 nitrogen and oxygen atoms in total. The monoisotopic (exact) mass is 463 g/mol. The molecule has 1 aromatic heterocycles. The number of rotatable bonds is 9. The van der Waals surface area contributed by atoms with E-state index in [1.165, 1.54) is 41.6 Å². The summed E-state index contributed by atoms with van der Waals surface area (Å²) in [5.41, 5.74) is 2.33. The van der Waals surface area contributed by atoms with Crippen molar-refractivity contribution >= 4 is 44.5 Å². The summed E-state index contributed by atoms with van der Waals surface area (Å²) >= 11 is 1.52. The second kappa shape index (κ2) is 9.71. The van der Waals surface area contributed by atoms with E-state index in [-0.39, 0.29) is 10.5 Å². The van der Waals surface area contributed by atoms with Crippen LogP contribution in [-0.4, -0.2) is 36.9 Å². The van der Waals surface area contributed by atoms with Crippen LogP contribution in [0.5, 0.6) is 0 Å². The summed E-state index contributed by atoms with van der Waals surface area (Å²) in [5, 5.41) is 2.80. The van der Waals surface area contributed by atoms with Gasteiger partial charge in [0.05, 0.1) is 10.4 Å². The molecule has 0 bridgehead atoms. The molecule has 0 aliphatic rings. The van der Waals surface area contributed by atoms with Gasteiger partial charge in [0.1, 0.15) is 6.04 Å². The quantitative estimate of drug-likeness (QED) is 0.505. The Balaban J connectivity index is 1.84. The van der Waals surface area contributed by atoms with Gasteiger partial charge in [-0.1, -0.05) is 19.1 Å². The van der Waals surface area contributed by atoms with Crippen molar-refractivity contribution in [3.8, 4) is 0 Å². The number of anilines is 1. The summed E-state index contributed by atoms with van der Waals surface area (Å²) in [6.07, 6.45) is 3.03. The molecule has 2 N–H and O–H groups in total. The summed E-state index contributed by atoms with van der Waals surface area (Å²) in [4.78, 5) is 24.5. The molecule has 1 atom stereocenters. The number of hydrogen-bond acceptors (Lipinski definition) is 6. The Morgan fingerprint density at radius 1 is 1.23 bits per heavy atom. The van der Waals surface area contributed by atoms with Gasteiger partial charge in [-0.3, -0.25) is 9.36 Å². The Kier molecular flexibility index (Phi) is 7.24. The number of benzene rings is 2. The molecule has 3 aromatic rings. The predicted molar refractivity (Wildman–Crippen MR) is 123 cm³/mol. The Hall–Kier alpha value is -2.56. The Morgan fingerprint density at radius 2 is 2.00 bits per heavy atom. The number of carbonyl (C=O) groups excluding carboxylic acids is 1. The molecule has 1 amide bonds. The van der Waals surface area contributed by atoms with Gasteiger partial charge < -0.3 is 9.73 Å². The number of carbonyl (C=O) groups is 1. The summed E-state index contributed by atoms with van der Waals surface area (Å²) in [6, 6.07) is 10.6. The molecule has 0 saturated carbocycles. The largest absolute Gasteiger partial charge is 0.419 e. The van der Waals surface area contributed by atoms with E-state index in [1.54, 1.807) is 6.07 Å². The minimum Gasteiger partial charge on any atom is -0.408 e. The molecule has 3 rings (SSSR count). The molecule has 31 heavy (non-hydrogen) atoms. The number of aryl methyl sites for hydroxylation is 2. The fraction of sp³-hybridized carbons (Fsp3) is 0.333. The van der Waals surface area contributed by atoms with Gasteiger partial charge in [0.25, 0.3) is 0 Å². The lowest BCUT2D eigenvalue weighted by atomic mass is 10.1. The number of aromatic nitrogens is 1. The minimum atomic E-state index is -4.03. The van der Waals surface area contributed by atoms with Crippen molar-refractivity contribution in [2.75, 3.05) is 17.3 Å². The van der Waals surface area contributed by atoms with Crippen molar-refractivity contribution in [3.63, 3.8) is 0 Å².